The Bertz CT molecular complexity index is 806. The molecule has 0 radical (unpaired) electrons. The summed E-state index contributed by atoms with van der Waals surface area (Å²) in [6.45, 7) is 2.85. The standard InChI is InChI=1S/C20H20Cl2N2O2/c1-2-20(25)24(12-14-4-3-5-17(22)10-14)13-18-11-19(23-26-18)15-6-8-16(21)9-7-15/h3-10,18H,2,11-13H2,1H3/t18-/m1/s1. The summed E-state index contributed by atoms with van der Waals surface area (Å²) in [5.74, 6) is 0.0773. The van der Waals surface area contributed by atoms with Crippen LogP contribution in [0.25, 0.3) is 0 Å². The van der Waals surface area contributed by atoms with Crippen molar-refractivity contribution in [2.45, 2.75) is 32.4 Å². The van der Waals surface area contributed by atoms with Gasteiger partial charge >= 0.3 is 0 Å². The molecular formula is C20H20Cl2N2O2. The number of nitrogens with zero attached hydrogens (tertiary/aromatic N) is 2. The minimum absolute atomic E-state index is 0.0773. The fourth-order valence-electron chi connectivity index (χ4n) is 2.92. The maximum atomic E-state index is 12.4. The molecule has 6 heteroatoms. The summed E-state index contributed by atoms with van der Waals surface area (Å²) >= 11 is 12.0. The Hall–Kier alpha value is -2.04. The first-order valence-electron chi connectivity index (χ1n) is 8.56. The van der Waals surface area contributed by atoms with E-state index in [1.54, 1.807) is 4.90 Å². The van der Waals surface area contributed by atoms with Crippen molar-refractivity contribution < 1.29 is 9.63 Å². The molecule has 0 unspecified atom stereocenters. The van der Waals surface area contributed by atoms with E-state index in [2.05, 4.69) is 5.16 Å². The van der Waals surface area contributed by atoms with E-state index in [0.29, 0.717) is 36.0 Å². The number of hydrogen-bond donors (Lipinski definition) is 0. The smallest absolute Gasteiger partial charge is 0.222 e. The third-order valence-corrected chi connectivity index (χ3v) is 4.74. The third-order valence-electron chi connectivity index (χ3n) is 4.25. The number of hydrogen-bond acceptors (Lipinski definition) is 3. The number of oxime groups is 1. The van der Waals surface area contributed by atoms with Crippen LogP contribution in [-0.4, -0.2) is 29.2 Å². The average Bonchev–Trinajstić information content (AvgIpc) is 3.10. The zero-order valence-corrected chi connectivity index (χ0v) is 16.0. The van der Waals surface area contributed by atoms with Crippen molar-refractivity contribution in [1.82, 2.24) is 4.90 Å². The number of carbonyl (C=O) groups excluding carboxylic acids is 1. The second-order valence-electron chi connectivity index (χ2n) is 6.23. The van der Waals surface area contributed by atoms with Crippen molar-refractivity contribution in [3.63, 3.8) is 0 Å². The van der Waals surface area contributed by atoms with Crippen molar-refractivity contribution in [3.05, 3.63) is 69.7 Å². The molecule has 1 amide bonds. The number of rotatable bonds is 6. The van der Waals surface area contributed by atoms with Crippen molar-refractivity contribution in [2.24, 2.45) is 5.16 Å². The van der Waals surface area contributed by atoms with Gasteiger partial charge in [0.05, 0.1) is 12.3 Å². The highest BCUT2D eigenvalue weighted by molar-refractivity contribution is 6.31. The van der Waals surface area contributed by atoms with E-state index >= 15 is 0 Å². The van der Waals surface area contributed by atoms with E-state index in [-0.39, 0.29) is 12.0 Å². The van der Waals surface area contributed by atoms with Crippen molar-refractivity contribution in [3.8, 4) is 0 Å². The summed E-state index contributed by atoms with van der Waals surface area (Å²) in [5, 5.41) is 5.54. The zero-order valence-electron chi connectivity index (χ0n) is 14.5. The lowest BCUT2D eigenvalue weighted by Crippen LogP contribution is -2.36. The van der Waals surface area contributed by atoms with E-state index in [9.17, 15) is 4.79 Å². The average molecular weight is 391 g/mol. The van der Waals surface area contributed by atoms with Gasteiger partial charge < -0.3 is 9.74 Å². The zero-order chi connectivity index (χ0) is 18.5. The Labute approximate surface area is 163 Å². The molecule has 0 spiro atoms. The summed E-state index contributed by atoms with van der Waals surface area (Å²) in [6, 6.07) is 15.1. The van der Waals surface area contributed by atoms with Crippen LogP contribution in [0, 0.1) is 0 Å². The van der Waals surface area contributed by atoms with Crippen LogP contribution < -0.4 is 0 Å². The van der Waals surface area contributed by atoms with Gasteiger partial charge in [0, 0.05) is 29.4 Å². The highest BCUT2D eigenvalue weighted by Crippen LogP contribution is 2.21. The number of halogens is 2. The molecule has 1 aliphatic heterocycles. The Morgan fingerprint density at radius 3 is 2.65 bits per heavy atom. The van der Waals surface area contributed by atoms with Crippen LogP contribution in [0.15, 0.2) is 53.7 Å². The predicted molar refractivity (Wildman–Crippen MR) is 105 cm³/mol. The Kier molecular flexibility index (Phi) is 6.17. The summed E-state index contributed by atoms with van der Waals surface area (Å²) in [4.78, 5) is 19.7. The molecule has 0 N–H and O–H groups in total. The monoisotopic (exact) mass is 390 g/mol. The minimum Gasteiger partial charge on any atom is -0.390 e. The largest absolute Gasteiger partial charge is 0.390 e. The topological polar surface area (TPSA) is 41.9 Å². The Morgan fingerprint density at radius 1 is 1.19 bits per heavy atom. The van der Waals surface area contributed by atoms with E-state index in [1.807, 2.05) is 55.5 Å². The molecular weight excluding hydrogens is 371 g/mol. The number of amides is 1. The van der Waals surface area contributed by atoms with Gasteiger partial charge in [0.15, 0.2) is 6.10 Å². The molecule has 26 heavy (non-hydrogen) atoms. The van der Waals surface area contributed by atoms with Gasteiger partial charge in [0.1, 0.15) is 0 Å². The van der Waals surface area contributed by atoms with Crippen molar-refractivity contribution in [2.75, 3.05) is 6.54 Å². The van der Waals surface area contributed by atoms with Gasteiger partial charge in [-0.1, -0.05) is 59.5 Å². The van der Waals surface area contributed by atoms with Crippen LogP contribution in [0.1, 0.15) is 30.9 Å². The fraction of sp³-hybridized carbons (Fsp3) is 0.300. The predicted octanol–water partition coefficient (Wildman–Crippen LogP) is 4.93. The van der Waals surface area contributed by atoms with E-state index < -0.39 is 0 Å². The highest BCUT2D eigenvalue weighted by atomic mass is 35.5. The molecule has 2 aromatic carbocycles. The normalized spacial score (nSPS) is 16.1. The quantitative estimate of drug-likeness (QED) is 0.701. The molecule has 0 saturated heterocycles. The van der Waals surface area contributed by atoms with Gasteiger partial charge in [-0.3, -0.25) is 4.79 Å². The lowest BCUT2D eigenvalue weighted by atomic mass is 10.0. The molecule has 0 aromatic heterocycles. The molecule has 3 rings (SSSR count). The van der Waals surface area contributed by atoms with Gasteiger partial charge in [-0.25, -0.2) is 0 Å². The maximum absolute atomic E-state index is 12.4. The Balaban J connectivity index is 1.65. The molecule has 1 aliphatic rings. The summed E-state index contributed by atoms with van der Waals surface area (Å²) < 4.78 is 0. The second-order valence-corrected chi connectivity index (χ2v) is 7.11. The van der Waals surface area contributed by atoms with Crippen LogP contribution >= 0.6 is 23.2 Å². The van der Waals surface area contributed by atoms with E-state index in [0.717, 1.165) is 16.8 Å². The van der Waals surface area contributed by atoms with E-state index in [1.165, 1.54) is 0 Å². The molecule has 0 fully saturated rings. The Morgan fingerprint density at radius 2 is 1.96 bits per heavy atom. The van der Waals surface area contributed by atoms with Gasteiger partial charge in [0.25, 0.3) is 0 Å². The number of carbonyl (C=O) groups is 1. The highest BCUT2D eigenvalue weighted by Gasteiger charge is 2.26. The van der Waals surface area contributed by atoms with Crippen LogP contribution in [-0.2, 0) is 16.2 Å². The molecule has 0 saturated carbocycles. The van der Waals surface area contributed by atoms with Crippen LogP contribution in [0.4, 0.5) is 0 Å². The van der Waals surface area contributed by atoms with E-state index in [4.69, 9.17) is 28.0 Å². The molecule has 136 valence electrons. The van der Waals surface area contributed by atoms with Gasteiger partial charge in [0.2, 0.25) is 5.91 Å². The lowest BCUT2D eigenvalue weighted by Gasteiger charge is -2.24. The van der Waals surface area contributed by atoms with Gasteiger partial charge in [-0.05, 0) is 35.4 Å². The first-order valence-corrected chi connectivity index (χ1v) is 9.31. The van der Waals surface area contributed by atoms with Crippen molar-refractivity contribution in [1.29, 1.82) is 0 Å². The SMILES string of the molecule is CCC(=O)N(Cc1cccc(Cl)c1)C[C@H]1CC(c2ccc(Cl)cc2)=NO1. The fourth-order valence-corrected chi connectivity index (χ4v) is 3.26. The van der Waals surface area contributed by atoms with Gasteiger partial charge in [-0.2, -0.15) is 0 Å². The second kappa shape index (κ2) is 8.56. The lowest BCUT2D eigenvalue weighted by molar-refractivity contribution is -0.133. The summed E-state index contributed by atoms with van der Waals surface area (Å²) in [7, 11) is 0. The van der Waals surface area contributed by atoms with Crippen LogP contribution in [0.3, 0.4) is 0 Å². The molecule has 0 aliphatic carbocycles. The molecule has 0 bridgehead atoms. The summed E-state index contributed by atoms with van der Waals surface area (Å²) in [5.41, 5.74) is 2.86. The number of benzene rings is 2. The minimum atomic E-state index is -0.157. The molecule has 1 atom stereocenters. The maximum Gasteiger partial charge on any atom is 0.222 e. The van der Waals surface area contributed by atoms with Gasteiger partial charge in [-0.15, -0.1) is 0 Å². The first-order chi connectivity index (χ1) is 12.5. The molecule has 4 nitrogen and oxygen atoms in total. The first kappa shape index (κ1) is 18.7. The van der Waals surface area contributed by atoms with Crippen LogP contribution in [0.5, 0.6) is 0 Å². The molecule has 2 aromatic rings. The van der Waals surface area contributed by atoms with Crippen LogP contribution in [0.2, 0.25) is 10.0 Å². The third kappa shape index (κ3) is 4.77. The van der Waals surface area contributed by atoms with Crippen molar-refractivity contribution >= 4 is 34.8 Å². The summed E-state index contributed by atoms with van der Waals surface area (Å²) in [6.07, 6.45) is 0.943. The molecule has 1 heterocycles.